The zero-order valence-corrected chi connectivity index (χ0v) is 10.6. The van der Waals surface area contributed by atoms with Crippen LogP contribution in [0.25, 0.3) is 0 Å². The zero-order valence-electron chi connectivity index (χ0n) is 10.6. The minimum Gasteiger partial charge on any atom is -0.382 e. The van der Waals surface area contributed by atoms with E-state index in [-0.39, 0.29) is 17.5 Å². The molecular formula is C12H24N2O2. The molecule has 0 spiro atoms. The summed E-state index contributed by atoms with van der Waals surface area (Å²) in [6.45, 7) is 5.43. The van der Waals surface area contributed by atoms with Crippen molar-refractivity contribution in [3.05, 3.63) is 0 Å². The molecule has 2 N–H and O–H groups in total. The smallest absolute Gasteiger partial charge is 0.237 e. The van der Waals surface area contributed by atoms with Crippen molar-refractivity contribution < 1.29 is 9.53 Å². The van der Waals surface area contributed by atoms with Crippen LogP contribution in [0.3, 0.4) is 0 Å². The molecule has 1 saturated heterocycles. The number of rotatable bonds is 4. The molecule has 4 heteroatoms. The zero-order chi connectivity index (χ0) is 12.0. The molecule has 1 atom stereocenters. The van der Waals surface area contributed by atoms with Gasteiger partial charge in [0.05, 0.1) is 18.2 Å². The van der Waals surface area contributed by atoms with Crippen molar-refractivity contribution in [2.45, 2.75) is 51.1 Å². The topological polar surface area (TPSA) is 50.4 Å². The van der Waals surface area contributed by atoms with Gasteiger partial charge in [-0.2, -0.15) is 0 Å². The fourth-order valence-corrected chi connectivity index (χ4v) is 2.07. The molecule has 1 heterocycles. The van der Waals surface area contributed by atoms with Crippen molar-refractivity contribution >= 4 is 5.91 Å². The number of hydrogen-bond acceptors (Lipinski definition) is 3. The molecule has 0 saturated carbocycles. The summed E-state index contributed by atoms with van der Waals surface area (Å²) in [5.74, 6) is 0.101. The second kappa shape index (κ2) is 6.21. The van der Waals surface area contributed by atoms with Crippen LogP contribution >= 0.6 is 0 Å². The fraction of sp³-hybridized carbons (Fsp3) is 0.917. The average molecular weight is 228 g/mol. The molecule has 0 bridgehead atoms. The predicted molar refractivity (Wildman–Crippen MR) is 64.4 cm³/mol. The molecule has 4 nitrogen and oxygen atoms in total. The third kappa shape index (κ3) is 4.49. The monoisotopic (exact) mass is 228 g/mol. The van der Waals surface area contributed by atoms with E-state index in [1.54, 1.807) is 7.11 Å². The second-order valence-electron chi connectivity index (χ2n) is 5.16. The first-order chi connectivity index (χ1) is 7.55. The highest BCUT2D eigenvalue weighted by molar-refractivity contribution is 5.82. The summed E-state index contributed by atoms with van der Waals surface area (Å²) in [7, 11) is 1.65. The number of ether oxygens (including phenoxy) is 1. The predicted octanol–water partition coefficient (Wildman–Crippen LogP) is 1.06. The Kier molecular flexibility index (Phi) is 5.22. The Labute approximate surface area is 98.1 Å². The van der Waals surface area contributed by atoms with Crippen molar-refractivity contribution in [2.24, 2.45) is 0 Å². The first-order valence-corrected chi connectivity index (χ1v) is 6.09. The van der Waals surface area contributed by atoms with E-state index < -0.39 is 0 Å². The highest BCUT2D eigenvalue weighted by atomic mass is 16.5. The summed E-state index contributed by atoms with van der Waals surface area (Å²) in [6.07, 6.45) is 4.47. The van der Waals surface area contributed by atoms with Gasteiger partial charge in [-0.05, 0) is 33.2 Å². The van der Waals surface area contributed by atoms with E-state index >= 15 is 0 Å². The highest BCUT2D eigenvalue weighted by Crippen LogP contribution is 2.10. The van der Waals surface area contributed by atoms with Crippen LogP contribution in [0.5, 0.6) is 0 Å². The second-order valence-corrected chi connectivity index (χ2v) is 5.16. The molecule has 1 rings (SSSR count). The van der Waals surface area contributed by atoms with Gasteiger partial charge in [-0.1, -0.05) is 12.8 Å². The molecule has 0 aromatic carbocycles. The summed E-state index contributed by atoms with van der Waals surface area (Å²) < 4.78 is 5.08. The molecule has 1 amide bonds. The quantitative estimate of drug-likeness (QED) is 0.756. The van der Waals surface area contributed by atoms with Crippen molar-refractivity contribution in [3.63, 3.8) is 0 Å². The summed E-state index contributed by atoms with van der Waals surface area (Å²) in [6, 6.07) is -0.0290. The van der Waals surface area contributed by atoms with Gasteiger partial charge in [-0.25, -0.2) is 0 Å². The van der Waals surface area contributed by atoms with E-state index in [0.29, 0.717) is 6.61 Å². The third-order valence-corrected chi connectivity index (χ3v) is 2.84. The van der Waals surface area contributed by atoms with Crippen molar-refractivity contribution in [1.29, 1.82) is 0 Å². The Morgan fingerprint density at radius 2 is 2.19 bits per heavy atom. The lowest BCUT2D eigenvalue weighted by Crippen LogP contribution is -2.53. The minimum atomic E-state index is -0.292. The standard InChI is InChI=1S/C12H24N2O2/c1-12(2,9-16-3)14-11(15)10-7-5-4-6-8-13-10/h10,13H,4-9H2,1-3H3,(H,14,15). The highest BCUT2D eigenvalue weighted by Gasteiger charge is 2.25. The number of carbonyl (C=O) groups is 1. The lowest BCUT2D eigenvalue weighted by atomic mass is 10.0. The van der Waals surface area contributed by atoms with Crippen LogP contribution in [0, 0.1) is 0 Å². The normalized spacial score (nSPS) is 22.6. The Hall–Kier alpha value is -0.610. The lowest BCUT2D eigenvalue weighted by Gasteiger charge is -2.28. The first kappa shape index (κ1) is 13.5. The first-order valence-electron chi connectivity index (χ1n) is 6.09. The van der Waals surface area contributed by atoms with E-state index in [9.17, 15) is 4.79 Å². The molecule has 94 valence electrons. The van der Waals surface area contributed by atoms with Crippen LogP contribution < -0.4 is 10.6 Å². The number of hydrogen-bond donors (Lipinski definition) is 2. The maximum atomic E-state index is 12.0. The van der Waals surface area contributed by atoms with Gasteiger partial charge in [0, 0.05) is 7.11 Å². The Morgan fingerprint density at radius 1 is 1.44 bits per heavy atom. The van der Waals surface area contributed by atoms with Crippen LogP contribution in [0.15, 0.2) is 0 Å². The van der Waals surface area contributed by atoms with E-state index in [2.05, 4.69) is 10.6 Å². The van der Waals surface area contributed by atoms with E-state index in [1.807, 2.05) is 13.8 Å². The van der Waals surface area contributed by atoms with Gasteiger partial charge in [0.15, 0.2) is 0 Å². The molecule has 1 fully saturated rings. The third-order valence-electron chi connectivity index (χ3n) is 2.84. The number of carbonyl (C=O) groups excluding carboxylic acids is 1. The van der Waals surface area contributed by atoms with Crippen LogP contribution in [0.1, 0.15) is 39.5 Å². The lowest BCUT2D eigenvalue weighted by molar-refractivity contribution is -0.125. The minimum absolute atomic E-state index is 0.0290. The van der Waals surface area contributed by atoms with Gasteiger partial charge in [0.1, 0.15) is 0 Å². The molecule has 1 aliphatic rings. The number of methoxy groups -OCH3 is 1. The van der Waals surface area contributed by atoms with Gasteiger partial charge in [0.2, 0.25) is 5.91 Å². The summed E-state index contributed by atoms with van der Waals surface area (Å²) >= 11 is 0. The SMILES string of the molecule is COCC(C)(C)NC(=O)C1CCCCCN1. The Bertz CT molecular complexity index is 221. The van der Waals surface area contributed by atoms with Crippen LogP contribution in [0.4, 0.5) is 0 Å². The summed E-state index contributed by atoms with van der Waals surface area (Å²) in [5, 5.41) is 6.32. The average Bonchev–Trinajstić information content (AvgIpc) is 2.44. The molecule has 0 radical (unpaired) electrons. The number of nitrogens with one attached hydrogen (secondary N) is 2. The van der Waals surface area contributed by atoms with Gasteiger partial charge < -0.3 is 15.4 Å². The summed E-state index contributed by atoms with van der Waals surface area (Å²) in [5.41, 5.74) is -0.292. The number of amides is 1. The van der Waals surface area contributed by atoms with Crippen molar-refractivity contribution in [3.8, 4) is 0 Å². The van der Waals surface area contributed by atoms with E-state index in [1.165, 1.54) is 12.8 Å². The Balaban J connectivity index is 2.43. The van der Waals surface area contributed by atoms with Crippen LogP contribution in [-0.2, 0) is 9.53 Å². The van der Waals surface area contributed by atoms with Gasteiger partial charge >= 0.3 is 0 Å². The fourth-order valence-electron chi connectivity index (χ4n) is 2.07. The maximum Gasteiger partial charge on any atom is 0.237 e. The molecule has 0 aliphatic carbocycles. The molecular weight excluding hydrogens is 204 g/mol. The molecule has 1 unspecified atom stereocenters. The van der Waals surface area contributed by atoms with Gasteiger partial charge in [0.25, 0.3) is 0 Å². The van der Waals surface area contributed by atoms with Crippen molar-refractivity contribution in [2.75, 3.05) is 20.3 Å². The largest absolute Gasteiger partial charge is 0.382 e. The van der Waals surface area contributed by atoms with E-state index in [4.69, 9.17) is 4.74 Å². The summed E-state index contributed by atoms with van der Waals surface area (Å²) in [4.78, 5) is 12.0. The van der Waals surface area contributed by atoms with Crippen LogP contribution in [-0.4, -0.2) is 37.7 Å². The van der Waals surface area contributed by atoms with Crippen LogP contribution in [0.2, 0.25) is 0 Å². The van der Waals surface area contributed by atoms with E-state index in [0.717, 1.165) is 19.4 Å². The Morgan fingerprint density at radius 3 is 2.88 bits per heavy atom. The maximum absolute atomic E-state index is 12.0. The molecule has 16 heavy (non-hydrogen) atoms. The molecule has 1 aliphatic heterocycles. The van der Waals surface area contributed by atoms with Gasteiger partial charge in [-0.3, -0.25) is 4.79 Å². The molecule has 0 aromatic heterocycles. The van der Waals surface area contributed by atoms with Crippen molar-refractivity contribution in [1.82, 2.24) is 10.6 Å². The molecule has 0 aromatic rings. The van der Waals surface area contributed by atoms with Gasteiger partial charge in [-0.15, -0.1) is 0 Å².